The molecule has 36 heavy (non-hydrogen) atoms. The molecule has 2 bridgehead atoms. The summed E-state index contributed by atoms with van der Waals surface area (Å²) in [5, 5.41) is 0. The first-order valence-electron chi connectivity index (χ1n) is 12.1. The minimum atomic E-state index is -0.712. The number of rotatable bonds is 5. The number of nitrogens with zero attached hydrogens (tertiary/aromatic N) is 1. The molecule has 3 aromatic rings. The molecule has 1 heterocycles. The quantitative estimate of drug-likeness (QED) is 0.299. The van der Waals surface area contributed by atoms with Gasteiger partial charge in [0.1, 0.15) is 17.1 Å². The molecule has 3 fully saturated rings. The van der Waals surface area contributed by atoms with E-state index >= 15 is 0 Å². The fourth-order valence-electron chi connectivity index (χ4n) is 5.97. The van der Waals surface area contributed by atoms with Crippen molar-refractivity contribution < 1.29 is 28.7 Å². The van der Waals surface area contributed by atoms with Crippen molar-refractivity contribution in [3.8, 4) is 11.5 Å². The summed E-state index contributed by atoms with van der Waals surface area (Å²) in [7, 11) is 0. The SMILES string of the molecule is O=C(Oc1ccccc1C(=O)Oc1ccccc1)c1cccc(N2C(=O)[C@@H]3[C@H]4CC[C@@H](C4)[C@@H]3C2=O)c1. The number of imide groups is 1. The van der Waals surface area contributed by atoms with Crippen molar-refractivity contribution in [3.05, 3.63) is 90.0 Å². The number of ether oxygens (including phenoxy) is 2. The van der Waals surface area contributed by atoms with Gasteiger partial charge in [-0.3, -0.25) is 14.5 Å². The van der Waals surface area contributed by atoms with Crippen molar-refractivity contribution in [1.82, 2.24) is 0 Å². The average Bonchev–Trinajstić information content (AvgIpc) is 3.58. The topological polar surface area (TPSA) is 90.0 Å². The van der Waals surface area contributed by atoms with Crippen molar-refractivity contribution in [1.29, 1.82) is 0 Å². The Bertz CT molecular complexity index is 1360. The highest BCUT2D eigenvalue weighted by Crippen LogP contribution is 2.56. The van der Waals surface area contributed by atoms with Crippen LogP contribution in [0.5, 0.6) is 11.5 Å². The second kappa shape index (κ2) is 8.75. The second-order valence-corrected chi connectivity index (χ2v) is 9.54. The number of hydrogen-bond acceptors (Lipinski definition) is 6. The smallest absolute Gasteiger partial charge is 0.347 e. The molecule has 1 aliphatic heterocycles. The number of esters is 2. The van der Waals surface area contributed by atoms with Gasteiger partial charge in [0, 0.05) is 0 Å². The zero-order chi connectivity index (χ0) is 24.8. The molecule has 0 aromatic heterocycles. The van der Waals surface area contributed by atoms with Gasteiger partial charge in [0.25, 0.3) is 0 Å². The minimum absolute atomic E-state index is 0.0493. The lowest BCUT2D eigenvalue weighted by Crippen LogP contribution is -2.32. The highest BCUT2D eigenvalue weighted by molar-refractivity contribution is 6.22. The highest BCUT2D eigenvalue weighted by Gasteiger charge is 2.61. The van der Waals surface area contributed by atoms with Crippen LogP contribution in [0, 0.1) is 23.7 Å². The summed E-state index contributed by atoms with van der Waals surface area (Å²) in [5.41, 5.74) is 0.628. The van der Waals surface area contributed by atoms with Crippen LogP contribution in [-0.4, -0.2) is 23.8 Å². The van der Waals surface area contributed by atoms with Crippen LogP contribution in [0.25, 0.3) is 0 Å². The van der Waals surface area contributed by atoms with Gasteiger partial charge in [-0.15, -0.1) is 0 Å². The second-order valence-electron chi connectivity index (χ2n) is 9.54. The molecule has 180 valence electrons. The lowest BCUT2D eigenvalue weighted by atomic mass is 9.81. The molecule has 3 aliphatic rings. The van der Waals surface area contributed by atoms with Gasteiger partial charge in [0.2, 0.25) is 11.8 Å². The normalized spacial score (nSPS) is 24.1. The van der Waals surface area contributed by atoms with E-state index in [4.69, 9.17) is 9.47 Å². The van der Waals surface area contributed by atoms with Gasteiger partial charge in [-0.2, -0.15) is 0 Å². The summed E-state index contributed by atoms with van der Waals surface area (Å²) in [5.74, 6) is -1.22. The molecular weight excluding hydrogens is 458 g/mol. The maximum Gasteiger partial charge on any atom is 0.347 e. The molecule has 7 heteroatoms. The van der Waals surface area contributed by atoms with Crippen LogP contribution in [0.2, 0.25) is 0 Å². The summed E-state index contributed by atoms with van der Waals surface area (Å²) >= 11 is 0. The number of hydrogen-bond donors (Lipinski definition) is 0. The summed E-state index contributed by atoms with van der Waals surface area (Å²) in [6.07, 6.45) is 2.95. The molecule has 7 nitrogen and oxygen atoms in total. The van der Waals surface area contributed by atoms with Crippen LogP contribution in [0.3, 0.4) is 0 Å². The van der Waals surface area contributed by atoms with Gasteiger partial charge in [0.15, 0.2) is 0 Å². The molecule has 3 aromatic carbocycles. The first kappa shape index (κ1) is 22.2. The Kier molecular flexibility index (Phi) is 5.40. The molecule has 0 spiro atoms. The third-order valence-corrected chi connectivity index (χ3v) is 7.53. The molecule has 0 N–H and O–H groups in total. The van der Waals surface area contributed by atoms with E-state index in [0.29, 0.717) is 11.4 Å². The monoisotopic (exact) mass is 481 g/mol. The van der Waals surface area contributed by atoms with Crippen LogP contribution in [-0.2, 0) is 9.59 Å². The van der Waals surface area contributed by atoms with E-state index in [-0.39, 0.29) is 52.4 Å². The van der Waals surface area contributed by atoms with Gasteiger partial charge in [-0.1, -0.05) is 36.4 Å². The molecule has 0 unspecified atom stereocenters. The van der Waals surface area contributed by atoms with Gasteiger partial charge in [0.05, 0.1) is 23.1 Å². The Hall–Kier alpha value is -4.26. The maximum absolute atomic E-state index is 13.2. The van der Waals surface area contributed by atoms with Gasteiger partial charge in [-0.25, -0.2) is 9.59 Å². The van der Waals surface area contributed by atoms with Gasteiger partial charge < -0.3 is 9.47 Å². The van der Waals surface area contributed by atoms with E-state index in [1.165, 1.54) is 23.1 Å². The van der Waals surface area contributed by atoms with Crippen molar-refractivity contribution in [3.63, 3.8) is 0 Å². The van der Waals surface area contributed by atoms with E-state index in [1.807, 2.05) is 0 Å². The van der Waals surface area contributed by atoms with Crippen LogP contribution >= 0.6 is 0 Å². The lowest BCUT2D eigenvalue weighted by Gasteiger charge is -2.19. The van der Waals surface area contributed by atoms with Crippen molar-refractivity contribution in [2.75, 3.05) is 4.90 Å². The first-order chi connectivity index (χ1) is 17.5. The molecule has 0 radical (unpaired) electrons. The van der Waals surface area contributed by atoms with Crippen molar-refractivity contribution in [2.45, 2.75) is 19.3 Å². The molecule has 2 aliphatic carbocycles. The Labute approximate surface area is 207 Å². The van der Waals surface area contributed by atoms with Crippen LogP contribution < -0.4 is 14.4 Å². The fourth-order valence-corrected chi connectivity index (χ4v) is 5.97. The Balaban J connectivity index is 1.22. The van der Waals surface area contributed by atoms with E-state index in [2.05, 4.69) is 0 Å². The molecule has 1 saturated heterocycles. The molecule has 6 rings (SSSR count). The van der Waals surface area contributed by atoms with E-state index in [1.54, 1.807) is 60.7 Å². The number of fused-ring (bicyclic) bond motifs is 5. The summed E-state index contributed by atoms with van der Waals surface area (Å²) in [4.78, 5) is 53.3. The lowest BCUT2D eigenvalue weighted by molar-refractivity contribution is -0.123. The predicted molar refractivity (Wildman–Crippen MR) is 130 cm³/mol. The number of carbonyl (C=O) groups excluding carboxylic acids is 4. The minimum Gasteiger partial charge on any atom is -0.423 e. The maximum atomic E-state index is 13.2. The number of para-hydroxylation sites is 2. The number of anilines is 1. The van der Waals surface area contributed by atoms with E-state index in [9.17, 15) is 19.2 Å². The number of amides is 2. The van der Waals surface area contributed by atoms with E-state index in [0.717, 1.165) is 19.3 Å². The Morgan fingerprint density at radius 3 is 2.11 bits per heavy atom. The fraction of sp³-hybridized carbons (Fsp3) is 0.241. The van der Waals surface area contributed by atoms with Crippen LogP contribution in [0.1, 0.15) is 40.0 Å². The largest absolute Gasteiger partial charge is 0.423 e. The van der Waals surface area contributed by atoms with Crippen LogP contribution in [0.4, 0.5) is 5.69 Å². The molecule has 2 amide bonds. The molecule has 2 saturated carbocycles. The first-order valence-corrected chi connectivity index (χ1v) is 12.1. The van der Waals surface area contributed by atoms with Gasteiger partial charge in [-0.05, 0) is 73.6 Å². The predicted octanol–water partition coefficient (Wildman–Crippen LogP) is 4.66. The van der Waals surface area contributed by atoms with E-state index < -0.39 is 11.9 Å². The zero-order valence-electron chi connectivity index (χ0n) is 19.3. The Morgan fingerprint density at radius 1 is 0.722 bits per heavy atom. The summed E-state index contributed by atoms with van der Waals surface area (Å²) in [6.45, 7) is 0. The Morgan fingerprint density at radius 2 is 1.39 bits per heavy atom. The van der Waals surface area contributed by atoms with Crippen molar-refractivity contribution in [2.24, 2.45) is 23.7 Å². The standard InChI is InChI=1S/C29H23NO6/c31-26-24-17-13-14-18(15-17)25(24)27(32)30(26)20-8-6-7-19(16-20)28(33)36-23-12-5-4-11-22(23)29(34)35-21-9-2-1-3-10-21/h1-12,16-18,24-25H,13-15H2/t17-,18-,24-,25+/m0/s1. The summed E-state index contributed by atoms with van der Waals surface area (Å²) in [6, 6.07) is 21.2. The number of benzene rings is 3. The third kappa shape index (κ3) is 3.68. The number of carbonyl (C=O) groups is 4. The average molecular weight is 482 g/mol. The molecular formula is C29H23NO6. The highest BCUT2D eigenvalue weighted by atomic mass is 16.5. The van der Waals surface area contributed by atoms with Crippen molar-refractivity contribution >= 4 is 29.4 Å². The third-order valence-electron chi connectivity index (χ3n) is 7.53. The van der Waals surface area contributed by atoms with Gasteiger partial charge >= 0.3 is 11.9 Å². The summed E-state index contributed by atoms with van der Waals surface area (Å²) < 4.78 is 10.9. The zero-order valence-corrected chi connectivity index (χ0v) is 19.3. The molecule has 4 atom stereocenters. The van der Waals surface area contributed by atoms with Crippen LogP contribution in [0.15, 0.2) is 78.9 Å².